The molecule has 3 aromatic rings. The number of nitrogens with zero attached hydrogens (tertiary/aromatic N) is 3. The Morgan fingerprint density at radius 1 is 1.17 bits per heavy atom. The first-order valence-electron chi connectivity index (χ1n) is 6.54. The monoisotopic (exact) mass is 321 g/mol. The van der Waals surface area contributed by atoms with E-state index in [0.717, 1.165) is 17.7 Å². The van der Waals surface area contributed by atoms with Crippen molar-refractivity contribution in [3.8, 4) is 11.3 Å². The number of aryl methyl sites for hydroxylation is 1. The highest BCUT2D eigenvalue weighted by Crippen LogP contribution is 2.32. The largest absolute Gasteiger partial charge is 0.476 e. The van der Waals surface area contributed by atoms with Gasteiger partial charge in [-0.3, -0.25) is 0 Å². The van der Waals surface area contributed by atoms with Crippen molar-refractivity contribution >= 4 is 11.6 Å². The van der Waals surface area contributed by atoms with Gasteiger partial charge in [0.2, 0.25) is 0 Å². The smallest absolute Gasteiger partial charge is 0.433 e. The van der Waals surface area contributed by atoms with Gasteiger partial charge in [0, 0.05) is 11.6 Å². The highest BCUT2D eigenvalue weighted by Gasteiger charge is 2.35. The van der Waals surface area contributed by atoms with E-state index in [1.54, 1.807) is 24.3 Å². The van der Waals surface area contributed by atoms with E-state index in [1.807, 2.05) is 6.92 Å². The highest BCUT2D eigenvalue weighted by molar-refractivity contribution is 5.86. The fourth-order valence-electron chi connectivity index (χ4n) is 2.15. The lowest BCUT2D eigenvalue weighted by molar-refractivity contribution is -0.142. The molecule has 0 fully saturated rings. The zero-order valence-electron chi connectivity index (χ0n) is 11.8. The molecule has 0 aliphatic heterocycles. The van der Waals surface area contributed by atoms with Crippen LogP contribution in [0.4, 0.5) is 13.2 Å². The van der Waals surface area contributed by atoms with Crippen molar-refractivity contribution in [1.82, 2.24) is 14.6 Å². The Bertz CT molecular complexity index is 899. The number of fused-ring (bicyclic) bond motifs is 1. The van der Waals surface area contributed by atoms with E-state index >= 15 is 0 Å². The number of carboxylic acid groups (broad SMARTS) is 1. The lowest BCUT2D eigenvalue weighted by atomic mass is 10.1. The van der Waals surface area contributed by atoms with Gasteiger partial charge in [-0.1, -0.05) is 29.8 Å². The summed E-state index contributed by atoms with van der Waals surface area (Å²) in [6.07, 6.45) is -4.69. The van der Waals surface area contributed by atoms with Crippen molar-refractivity contribution in [1.29, 1.82) is 0 Å². The number of rotatable bonds is 2. The molecule has 1 aromatic carbocycles. The third-order valence-corrected chi connectivity index (χ3v) is 3.28. The molecule has 2 heterocycles. The predicted octanol–water partition coefficient (Wildman–Crippen LogP) is 3.42. The summed E-state index contributed by atoms with van der Waals surface area (Å²) in [7, 11) is 0. The van der Waals surface area contributed by atoms with E-state index in [2.05, 4.69) is 10.1 Å². The number of hydrogen-bond donors (Lipinski definition) is 1. The molecule has 3 rings (SSSR count). The number of hydrogen-bond acceptors (Lipinski definition) is 3. The minimum Gasteiger partial charge on any atom is -0.476 e. The van der Waals surface area contributed by atoms with Crippen molar-refractivity contribution in [2.75, 3.05) is 0 Å². The van der Waals surface area contributed by atoms with Crippen LogP contribution in [-0.2, 0) is 6.18 Å². The SMILES string of the molecule is Cc1ccc(-c2cc(C(F)(F)F)n3nc(C(=O)O)cc3n2)cc1. The van der Waals surface area contributed by atoms with E-state index in [1.165, 1.54) is 0 Å². The Hall–Kier alpha value is -2.90. The zero-order chi connectivity index (χ0) is 16.8. The molecule has 23 heavy (non-hydrogen) atoms. The maximum absolute atomic E-state index is 13.3. The molecule has 0 aliphatic rings. The minimum atomic E-state index is -4.69. The first-order valence-corrected chi connectivity index (χ1v) is 6.54. The van der Waals surface area contributed by atoms with Crippen LogP contribution in [0.25, 0.3) is 16.9 Å². The summed E-state index contributed by atoms with van der Waals surface area (Å²) >= 11 is 0. The Kier molecular flexibility index (Phi) is 3.32. The van der Waals surface area contributed by atoms with Crippen molar-refractivity contribution in [2.24, 2.45) is 0 Å². The van der Waals surface area contributed by atoms with E-state index in [-0.39, 0.29) is 11.3 Å². The summed E-state index contributed by atoms with van der Waals surface area (Å²) in [5.41, 5.74) is -0.186. The van der Waals surface area contributed by atoms with Gasteiger partial charge in [0.1, 0.15) is 0 Å². The number of benzene rings is 1. The molecule has 0 atom stereocenters. The van der Waals surface area contributed by atoms with Crippen molar-refractivity contribution in [3.05, 3.63) is 53.3 Å². The molecule has 0 saturated heterocycles. The minimum absolute atomic E-state index is 0.0988. The van der Waals surface area contributed by atoms with Crippen LogP contribution in [0.15, 0.2) is 36.4 Å². The third-order valence-electron chi connectivity index (χ3n) is 3.28. The van der Waals surface area contributed by atoms with Gasteiger partial charge in [-0.05, 0) is 13.0 Å². The normalized spacial score (nSPS) is 11.8. The molecule has 118 valence electrons. The van der Waals surface area contributed by atoms with Gasteiger partial charge in [0.15, 0.2) is 17.0 Å². The molecule has 0 saturated carbocycles. The van der Waals surface area contributed by atoms with Gasteiger partial charge in [0.05, 0.1) is 5.69 Å². The van der Waals surface area contributed by atoms with Gasteiger partial charge in [-0.2, -0.15) is 18.3 Å². The molecular formula is C15H10F3N3O2. The standard InChI is InChI=1S/C15H10F3N3O2/c1-8-2-4-9(5-3-8)10-6-12(15(16,17)18)21-13(19-10)7-11(20-21)14(22)23/h2-7H,1H3,(H,22,23). The zero-order valence-corrected chi connectivity index (χ0v) is 11.8. The van der Waals surface area contributed by atoms with E-state index in [9.17, 15) is 18.0 Å². The van der Waals surface area contributed by atoms with Crippen molar-refractivity contribution in [3.63, 3.8) is 0 Å². The molecule has 2 aromatic heterocycles. The van der Waals surface area contributed by atoms with Crippen LogP contribution in [0.1, 0.15) is 21.7 Å². The Morgan fingerprint density at radius 2 is 1.83 bits per heavy atom. The predicted molar refractivity (Wildman–Crippen MR) is 75.1 cm³/mol. The van der Waals surface area contributed by atoms with Crippen LogP contribution < -0.4 is 0 Å². The second kappa shape index (κ2) is 5.08. The second-order valence-electron chi connectivity index (χ2n) is 5.00. The topological polar surface area (TPSA) is 67.5 Å². The van der Waals surface area contributed by atoms with Gasteiger partial charge in [-0.15, -0.1) is 0 Å². The first kappa shape index (κ1) is 15.0. The maximum atomic E-state index is 13.3. The summed E-state index contributed by atoms with van der Waals surface area (Å²) in [6, 6.07) is 8.69. The third kappa shape index (κ3) is 2.75. The molecule has 0 radical (unpaired) electrons. The number of halogens is 3. The Labute approximate surface area is 128 Å². The van der Waals surface area contributed by atoms with Crippen LogP contribution in [0.5, 0.6) is 0 Å². The number of alkyl halides is 3. The summed E-state index contributed by atoms with van der Waals surface area (Å²) in [5.74, 6) is -1.42. The van der Waals surface area contributed by atoms with Crippen LogP contribution >= 0.6 is 0 Å². The fraction of sp³-hybridized carbons (Fsp3) is 0.133. The molecule has 5 nitrogen and oxygen atoms in total. The first-order chi connectivity index (χ1) is 10.8. The molecular weight excluding hydrogens is 311 g/mol. The summed E-state index contributed by atoms with van der Waals surface area (Å²) in [6.45, 7) is 1.86. The quantitative estimate of drug-likeness (QED) is 0.785. The molecule has 0 bridgehead atoms. The fourth-order valence-corrected chi connectivity index (χ4v) is 2.15. The molecule has 8 heteroatoms. The van der Waals surface area contributed by atoms with E-state index in [0.29, 0.717) is 10.1 Å². The number of carbonyl (C=O) groups is 1. The van der Waals surface area contributed by atoms with Crippen LogP contribution in [0, 0.1) is 6.92 Å². The van der Waals surface area contributed by atoms with Gasteiger partial charge in [0.25, 0.3) is 0 Å². The maximum Gasteiger partial charge on any atom is 0.433 e. The Morgan fingerprint density at radius 3 is 2.39 bits per heavy atom. The summed E-state index contributed by atoms with van der Waals surface area (Å²) < 4.78 is 40.3. The molecule has 0 aliphatic carbocycles. The molecule has 0 unspecified atom stereocenters. The van der Waals surface area contributed by atoms with E-state index < -0.39 is 23.5 Å². The molecule has 0 amide bonds. The van der Waals surface area contributed by atoms with E-state index in [4.69, 9.17) is 5.11 Å². The number of carboxylic acids is 1. The summed E-state index contributed by atoms with van der Waals surface area (Å²) in [4.78, 5) is 15.0. The Balaban J connectivity index is 2.28. The van der Waals surface area contributed by atoms with Crippen LogP contribution in [0.3, 0.4) is 0 Å². The highest BCUT2D eigenvalue weighted by atomic mass is 19.4. The molecule has 1 N–H and O–H groups in total. The lowest BCUT2D eigenvalue weighted by Gasteiger charge is -2.11. The number of aromatic nitrogens is 3. The summed E-state index contributed by atoms with van der Waals surface area (Å²) in [5, 5.41) is 12.4. The average Bonchev–Trinajstić information content (AvgIpc) is 2.90. The average molecular weight is 321 g/mol. The molecule has 0 spiro atoms. The van der Waals surface area contributed by atoms with Crippen LogP contribution in [-0.4, -0.2) is 25.7 Å². The second-order valence-corrected chi connectivity index (χ2v) is 5.00. The van der Waals surface area contributed by atoms with Crippen molar-refractivity contribution < 1.29 is 23.1 Å². The van der Waals surface area contributed by atoms with Gasteiger partial charge < -0.3 is 5.11 Å². The van der Waals surface area contributed by atoms with Crippen molar-refractivity contribution in [2.45, 2.75) is 13.1 Å². The van der Waals surface area contributed by atoms with Gasteiger partial charge >= 0.3 is 12.1 Å². The lowest BCUT2D eigenvalue weighted by Crippen LogP contribution is -2.14. The number of aromatic carboxylic acids is 1. The van der Waals surface area contributed by atoms with Gasteiger partial charge in [-0.25, -0.2) is 14.3 Å². The van der Waals surface area contributed by atoms with Crippen LogP contribution in [0.2, 0.25) is 0 Å².